The van der Waals surface area contributed by atoms with Gasteiger partial charge in [0.25, 0.3) is 0 Å². The van der Waals surface area contributed by atoms with E-state index in [2.05, 4.69) is 5.10 Å². The second-order valence-electron chi connectivity index (χ2n) is 5.02. The summed E-state index contributed by atoms with van der Waals surface area (Å²) in [4.78, 5) is 11.2. The van der Waals surface area contributed by atoms with E-state index >= 15 is 0 Å². The van der Waals surface area contributed by atoms with Gasteiger partial charge in [-0.3, -0.25) is 9.48 Å². The van der Waals surface area contributed by atoms with Crippen LogP contribution in [0.15, 0.2) is 6.20 Å². The van der Waals surface area contributed by atoms with E-state index in [9.17, 15) is 9.90 Å². The first kappa shape index (κ1) is 13.4. The largest absolute Gasteiger partial charge is 0.480 e. The van der Waals surface area contributed by atoms with Gasteiger partial charge in [0.1, 0.15) is 5.54 Å². The van der Waals surface area contributed by atoms with Gasteiger partial charge in [0.05, 0.1) is 16.9 Å². The Kier molecular flexibility index (Phi) is 3.64. The number of nitrogens with zero attached hydrogens (tertiary/aromatic N) is 2. The van der Waals surface area contributed by atoms with Gasteiger partial charge in [-0.2, -0.15) is 5.10 Å². The quantitative estimate of drug-likeness (QED) is 0.875. The van der Waals surface area contributed by atoms with E-state index in [-0.39, 0.29) is 5.92 Å². The second-order valence-corrected chi connectivity index (χ2v) is 5.43. The predicted octanol–water partition coefficient (Wildman–Crippen LogP) is 1.82. The van der Waals surface area contributed by atoms with E-state index in [0.29, 0.717) is 18.0 Å². The van der Waals surface area contributed by atoms with Crippen LogP contribution in [-0.2, 0) is 11.3 Å². The standard InChI is InChI=1S/C12H18ClN3O2/c1-8-10(13)7-15-16(8)6-4-9-3-2-5-12(9,14)11(17)18/h7,9H,2-6,14H2,1H3,(H,17,18). The fraction of sp³-hybridized carbons (Fsp3) is 0.667. The molecule has 1 saturated carbocycles. The van der Waals surface area contributed by atoms with Gasteiger partial charge in [-0.25, -0.2) is 0 Å². The first-order valence-corrected chi connectivity index (χ1v) is 6.53. The molecule has 0 aliphatic heterocycles. The van der Waals surface area contributed by atoms with E-state index < -0.39 is 11.5 Å². The molecule has 6 heteroatoms. The summed E-state index contributed by atoms with van der Waals surface area (Å²) in [7, 11) is 0. The van der Waals surface area contributed by atoms with E-state index in [1.54, 1.807) is 6.20 Å². The van der Waals surface area contributed by atoms with Crippen LogP contribution in [0.1, 0.15) is 31.4 Å². The molecule has 0 saturated heterocycles. The molecule has 3 N–H and O–H groups in total. The Hall–Kier alpha value is -1.07. The highest BCUT2D eigenvalue weighted by Gasteiger charge is 2.45. The van der Waals surface area contributed by atoms with Crippen molar-refractivity contribution in [2.45, 2.75) is 44.7 Å². The van der Waals surface area contributed by atoms with Gasteiger partial charge in [-0.05, 0) is 32.1 Å². The van der Waals surface area contributed by atoms with Crippen molar-refractivity contribution in [3.05, 3.63) is 16.9 Å². The number of halogens is 1. The SMILES string of the molecule is Cc1c(Cl)cnn1CCC1CCCC1(N)C(=O)O. The molecule has 0 radical (unpaired) electrons. The van der Waals surface area contributed by atoms with Crippen molar-refractivity contribution in [3.8, 4) is 0 Å². The molecule has 0 spiro atoms. The van der Waals surface area contributed by atoms with E-state index in [0.717, 1.165) is 25.0 Å². The maximum Gasteiger partial charge on any atom is 0.323 e. The van der Waals surface area contributed by atoms with Crippen LogP contribution in [-0.4, -0.2) is 26.4 Å². The minimum Gasteiger partial charge on any atom is -0.480 e. The zero-order chi connectivity index (χ0) is 13.3. The van der Waals surface area contributed by atoms with Gasteiger partial charge >= 0.3 is 5.97 Å². The molecule has 0 amide bonds. The van der Waals surface area contributed by atoms with Gasteiger partial charge in [-0.15, -0.1) is 0 Å². The van der Waals surface area contributed by atoms with Gasteiger partial charge in [0.15, 0.2) is 0 Å². The Labute approximate surface area is 111 Å². The molecule has 5 nitrogen and oxygen atoms in total. The van der Waals surface area contributed by atoms with Crippen molar-refractivity contribution >= 4 is 17.6 Å². The van der Waals surface area contributed by atoms with Gasteiger partial charge in [0, 0.05) is 6.54 Å². The zero-order valence-corrected chi connectivity index (χ0v) is 11.2. The van der Waals surface area contributed by atoms with Crippen molar-refractivity contribution < 1.29 is 9.90 Å². The first-order chi connectivity index (χ1) is 8.45. The minimum atomic E-state index is -1.06. The van der Waals surface area contributed by atoms with Crippen LogP contribution < -0.4 is 5.73 Å². The molecular formula is C12H18ClN3O2. The van der Waals surface area contributed by atoms with Crippen LogP contribution in [0.5, 0.6) is 0 Å². The number of hydrogen-bond acceptors (Lipinski definition) is 3. The summed E-state index contributed by atoms with van der Waals surface area (Å²) >= 11 is 5.93. The van der Waals surface area contributed by atoms with Gasteiger partial charge in [-0.1, -0.05) is 18.0 Å². The van der Waals surface area contributed by atoms with Crippen molar-refractivity contribution in [3.63, 3.8) is 0 Å². The topological polar surface area (TPSA) is 81.1 Å². The lowest BCUT2D eigenvalue weighted by molar-refractivity contribution is -0.144. The third-order valence-electron chi connectivity index (χ3n) is 4.00. The van der Waals surface area contributed by atoms with Crippen LogP contribution in [0, 0.1) is 12.8 Å². The highest BCUT2D eigenvalue weighted by Crippen LogP contribution is 2.36. The monoisotopic (exact) mass is 271 g/mol. The molecule has 1 aliphatic rings. The number of aromatic nitrogens is 2. The molecule has 1 heterocycles. The number of nitrogens with two attached hydrogens (primary N) is 1. The third kappa shape index (κ3) is 2.24. The Bertz CT molecular complexity index is 460. The summed E-state index contributed by atoms with van der Waals surface area (Å²) in [5.74, 6) is -0.877. The molecule has 2 rings (SSSR count). The fourth-order valence-electron chi connectivity index (χ4n) is 2.71. The van der Waals surface area contributed by atoms with E-state index in [4.69, 9.17) is 17.3 Å². The van der Waals surface area contributed by atoms with E-state index in [1.165, 1.54) is 0 Å². The Morgan fingerprint density at radius 2 is 2.50 bits per heavy atom. The van der Waals surface area contributed by atoms with E-state index in [1.807, 2.05) is 11.6 Å². The number of hydrogen-bond donors (Lipinski definition) is 2. The maximum absolute atomic E-state index is 11.2. The van der Waals surface area contributed by atoms with Crippen LogP contribution in [0.25, 0.3) is 0 Å². The van der Waals surface area contributed by atoms with Crippen LogP contribution >= 0.6 is 11.6 Å². The molecule has 18 heavy (non-hydrogen) atoms. The number of carboxylic acid groups (broad SMARTS) is 1. The summed E-state index contributed by atoms with van der Waals surface area (Å²) < 4.78 is 1.81. The summed E-state index contributed by atoms with van der Waals surface area (Å²) in [6.07, 6.45) is 4.65. The lowest BCUT2D eigenvalue weighted by Gasteiger charge is -2.26. The number of aliphatic carboxylic acids is 1. The number of carbonyl (C=O) groups is 1. The van der Waals surface area contributed by atoms with Crippen molar-refractivity contribution in [1.29, 1.82) is 0 Å². The molecule has 0 aromatic carbocycles. The number of carboxylic acids is 1. The first-order valence-electron chi connectivity index (χ1n) is 6.15. The highest BCUT2D eigenvalue weighted by atomic mass is 35.5. The molecule has 1 fully saturated rings. The predicted molar refractivity (Wildman–Crippen MR) is 68.5 cm³/mol. The summed E-state index contributed by atoms with van der Waals surface area (Å²) in [6.45, 7) is 2.56. The van der Waals surface area contributed by atoms with Crippen molar-refractivity contribution in [1.82, 2.24) is 9.78 Å². The molecule has 1 aromatic rings. The normalized spacial score (nSPS) is 27.6. The van der Waals surface area contributed by atoms with Crippen LogP contribution in [0.2, 0.25) is 5.02 Å². The summed E-state index contributed by atoms with van der Waals surface area (Å²) in [6, 6.07) is 0. The molecule has 1 aromatic heterocycles. The molecular weight excluding hydrogens is 254 g/mol. The van der Waals surface area contributed by atoms with Crippen molar-refractivity contribution in [2.24, 2.45) is 11.7 Å². The summed E-state index contributed by atoms with van der Waals surface area (Å²) in [5, 5.41) is 14.0. The van der Waals surface area contributed by atoms with Crippen molar-refractivity contribution in [2.75, 3.05) is 0 Å². The number of rotatable bonds is 4. The summed E-state index contributed by atoms with van der Waals surface area (Å²) in [5.41, 5.74) is 5.84. The van der Waals surface area contributed by atoms with Gasteiger partial charge < -0.3 is 10.8 Å². The molecule has 0 bridgehead atoms. The maximum atomic E-state index is 11.2. The Morgan fingerprint density at radius 1 is 1.78 bits per heavy atom. The molecule has 100 valence electrons. The minimum absolute atomic E-state index is 0.0115. The average molecular weight is 272 g/mol. The lowest BCUT2D eigenvalue weighted by atomic mass is 9.86. The lowest BCUT2D eigenvalue weighted by Crippen LogP contribution is -2.51. The Balaban J connectivity index is 2.02. The zero-order valence-electron chi connectivity index (χ0n) is 10.4. The molecule has 2 unspecified atom stereocenters. The Morgan fingerprint density at radius 3 is 3.06 bits per heavy atom. The second kappa shape index (κ2) is 4.90. The van der Waals surface area contributed by atoms with Gasteiger partial charge in [0.2, 0.25) is 0 Å². The number of aryl methyl sites for hydroxylation is 1. The average Bonchev–Trinajstić information content (AvgIpc) is 2.84. The van der Waals surface area contributed by atoms with Crippen LogP contribution in [0.4, 0.5) is 0 Å². The highest BCUT2D eigenvalue weighted by molar-refractivity contribution is 6.31. The molecule has 2 atom stereocenters. The van der Waals surface area contributed by atoms with Crippen LogP contribution in [0.3, 0.4) is 0 Å². The molecule has 1 aliphatic carbocycles. The third-order valence-corrected chi connectivity index (χ3v) is 4.37. The fourth-order valence-corrected chi connectivity index (χ4v) is 2.85. The smallest absolute Gasteiger partial charge is 0.323 e.